The number of fused-ring (bicyclic) bond motifs is 1. The van der Waals surface area contributed by atoms with E-state index in [0.29, 0.717) is 16.9 Å². The summed E-state index contributed by atoms with van der Waals surface area (Å²) in [7, 11) is 0. The number of nitrogens with zero attached hydrogens (tertiary/aromatic N) is 2. The lowest BCUT2D eigenvalue weighted by Gasteiger charge is -2.55. The van der Waals surface area contributed by atoms with Crippen LogP contribution in [0.4, 0.5) is 0 Å². The molecule has 1 aliphatic rings. The third kappa shape index (κ3) is 2.55. The molecule has 1 aliphatic heterocycles. The lowest BCUT2D eigenvalue weighted by molar-refractivity contribution is -0.310. The Kier molecular flexibility index (Phi) is 4.78. The number of hydrogen-bond acceptors (Lipinski definition) is 8. The molecule has 156 valence electrons. The zero-order chi connectivity index (χ0) is 21.9. The molecule has 4 atom stereocenters. The minimum atomic E-state index is -3.13. The Bertz CT molecular complexity index is 1040. The predicted molar refractivity (Wildman–Crippen MR) is 101 cm³/mol. The highest BCUT2D eigenvalue weighted by Crippen LogP contribution is 2.48. The van der Waals surface area contributed by atoms with Crippen molar-refractivity contribution in [1.29, 1.82) is 0 Å². The Balaban J connectivity index is 2.35. The van der Waals surface area contributed by atoms with E-state index in [1.807, 2.05) is 6.92 Å². The number of ether oxygens (including phenoxy) is 1. The van der Waals surface area contributed by atoms with Gasteiger partial charge in [-0.15, -0.1) is 0 Å². The van der Waals surface area contributed by atoms with Gasteiger partial charge >= 0.3 is 0 Å². The van der Waals surface area contributed by atoms with Crippen LogP contribution in [0.3, 0.4) is 0 Å². The molecule has 0 radical (unpaired) electrons. The molecule has 3 N–H and O–H groups in total. The molecule has 0 spiro atoms. The van der Waals surface area contributed by atoms with Crippen LogP contribution in [0, 0.1) is 13.8 Å². The van der Waals surface area contributed by atoms with E-state index in [2.05, 4.69) is 4.98 Å². The maximum atomic E-state index is 12.7. The van der Waals surface area contributed by atoms with Crippen molar-refractivity contribution in [2.24, 2.45) is 0 Å². The number of benzene rings is 1. The Hall–Kier alpha value is -2.46. The summed E-state index contributed by atoms with van der Waals surface area (Å²) in [4.78, 5) is 41.8. The second-order valence-corrected chi connectivity index (χ2v) is 7.69. The van der Waals surface area contributed by atoms with Crippen molar-refractivity contribution < 1.29 is 34.4 Å². The Morgan fingerprint density at radius 3 is 2.21 bits per heavy atom. The van der Waals surface area contributed by atoms with Crippen molar-refractivity contribution in [2.75, 3.05) is 6.61 Å². The molecule has 0 amide bonds. The highest BCUT2D eigenvalue weighted by atomic mass is 16.6. The number of carbonyl (C=O) groups is 3. The fraction of sp³-hybridized carbons (Fsp3) is 0.500. The van der Waals surface area contributed by atoms with Crippen LogP contribution in [0.1, 0.15) is 38.4 Å². The summed E-state index contributed by atoms with van der Waals surface area (Å²) < 4.78 is 6.99. The van der Waals surface area contributed by atoms with E-state index in [9.17, 15) is 29.7 Å². The van der Waals surface area contributed by atoms with Gasteiger partial charge in [-0.3, -0.25) is 19.0 Å². The number of imidazole rings is 1. The smallest absolute Gasteiger partial charge is 0.207 e. The fourth-order valence-electron chi connectivity index (χ4n) is 4.15. The number of ketones is 3. The van der Waals surface area contributed by atoms with Crippen LogP contribution >= 0.6 is 0 Å². The minimum Gasteiger partial charge on any atom is -0.376 e. The van der Waals surface area contributed by atoms with E-state index in [-0.39, 0.29) is 0 Å². The SMILES string of the molecule is CC(=O)[C@]1(O)[C@@](O)(C(C)=O)CO[C@@H](n2c(C)nc3cc(C)ccc32)[C@@]1(O)C(C)=O. The summed E-state index contributed by atoms with van der Waals surface area (Å²) in [5.41, 5.74) is -6.93. The third-order valence-corrected chi connectivity index (χ3v) is 5.84. The van der Waals surface area contributed by atoms with Crippen LogP contribution in [0.15, 0.2) is 18.2 Å². The zero-order valence-electron chi connectivity index (χ0n) is 16.9. The largest absolute Gasteiger partial charge is 0.376 e. The summed E-state index contributed by atoms with van der Waals surface area (Å²) in [5.74, 6) is -2.86. The molecular weight excluding hydrogens is 380 g/mol. The first-order valence-electron chi connectivity index (χ1n) is 9.09. The Labute approximate surface area is 166 Å². The van der Waals surface area contributed by atoms with E-state index in [1.54, 1.807) is 25.1 Å². The normalized spacial score (nSPS) is 32.3. The van der Waals surface area contributed by atoms with Crippen LogP contribution in [0.25, 0.3) is 11.0 Å². The molecule has 9 heteroatoms. The van der Waals surface area contributed by atoms with Gasteiger partial charge in [0.1, 0.15) is 5.82 Å². The van der Waals surface area contributed by atoms with Gasteiger partial charge in [-0.2, -0.15) is 0 Å². The number of aliphatic hydroxyl groups is 3. The summed E-state index contributed by atoms with van der Waals surface area (Å²) in [6, 6.07) is 5.28. The number of carbonyl (C=O) groups excluding carboxylic acids is 3. The average Bonchev–Trinajstić information content (AvgIpc) is 2.94. The Morgan fingerprint density at radius 1 is 1.07 bits per heavy atom. The van der Waals surface area contributed by atoms with Gasteiger partial charge in [0.15, 0.2) is 29.2 Å². The van der Waals surface area contributed by atoms with Crippen molar-refractivity contribution in [3.63, 3.8) is 0 Å². The maximum absolute atomic E-state index is 12.7. The van der Waals surface area contributed by atoms with Gasteiger partial charge in [0, 0.05) is 0 Å². The van der Waals surface area contributed by atoms with Crippen molar-refractivity contribution in [3.05, 3.63) is 29.6 Å². The second kappa shape index (κ2) is 6.53. The van der Waals surface area contributed by atoms with Crippen molar-refractivity contribution >= 4 is 28.4 Å². The van der Waals surface area contributed by atoms with Crippen LogP contribution in [-0.2, 0) is 19.1 Å². The fourth-order valence-corrected chi connectivity index (χ4v) is 4.15. The summed E-state index contributed by atoms with van der Waals surface area (Å²) >= 11 is 0. The van der Waals surface area contributed by atoms with Gasteiger partial charge in [0.25, 0.3) is 0 Å². The second-order valence-electron chi connectivity index (χ2n) is 7.69. The highest BCUT2D eigenvalue weighted by molar-refractivity contribution is 6.05. The summed E-state index contributed by atoms with van der Waals surface area (Å²) in [6.07, 6.45) is -1.61. The standard InChI is InChI=1S/C20H24N2O7/c1-10-6-7-16-15(8-10)21-14(5)22(16)17-19(27,12(3)24)20(28,13(4)25)18(26,9-29-17)11(2)23/h6-8,17,26-28H,9H2,1-5H3/t17-,18+,19+,20+/m1/s1. The number of aromatic nitrogens is 2. The number of aryl methyl sites for hydroxylation is 2. The van der Waals surface area contributed by atoms with E-state index in [4.69, 9.17) is 4.74 Å². The molecular formula is C20H24N2O7. The van der Waals surface area contributed by atoms with E-state index in [1.165, 1.54) is 4.57 Å². The zero-order valence-corrected chi connectivity index (χ0v) is 16.9. The minimum absolute atomic E-state index is 0.342. The number of rotatable bonds is 4. The van der Waals surface area contributed by atoms with E-state index < -0.39 is 47.0 Å². The van der Waals surface area contributed by atoms with Gasteiger partial charge in [-0.05, 0) is 52.3 Å². The molecule has 1 aromatic carbocycles. The van der Waals surface area contributed by atoms with Crippen LogP contribution in [0.2, 0.25) is 0 Å². The van der Waals surface area contributed by atoms with Crippen LogP contribution in [-0.4, -0.2) is 65.6 Å². The van der Waals surface area contributed by atoms with Crippen molar-refractivity contribution in [3.8, 4) is 0 Å². The predicted octanol–water partition coefficient (Wildman–Crippen LogP) is 0.142. The molecule has 1 saturated heterocycles. The van der Waals surface area contributed by atoms with Gasteiger partial charge in [0.05, 0.1) is 17.6 Å². The highest BCUT2D eigenvalue weighted by Gasteiger charge is 2.75. The molecule has 2 heterocycles. The van der Waals surface area contributed by atoms with Gasteiger partial charge in [0.2, 0.25) is 11.2 Å². The quantitative estimate of drug-likeness (QED) is 0.654. The topological polar surface area (TPSA) is 139 Å². The third-order valence-electron chi connectivity index (χ3n) is 5.84. The van der Waals surface area contributed by atoms with Gasteiger partial charge in [-0.1, -0.05) is 6.07 Å². The first-order chi connectivity index (χ1) is 13.3. The first kappa shape index (κ1) is 21.3. The molecule has 0 saturated carbocycles. The van der Waals surface area contributed by atoms with Gasteiger partial charge in [-0.25, -0.2) is 4.98 Å². The van der Waals surface area contributed by atoms with Crippen LogP contribution < -0.4 is 0 Å². The molecule has 3 rings (SSSR count). The molecule has 0 bridgehead atoms. The van der Waals surface area contributed by atoms with Gasteiger partial charge < -0.3 is 20.1 Å². The van der Waals surface area contributed by atoms with E-state index in [0.717, 1.165) is 26.3 Å². The maximum Gasteiger partial charge on any atom is 0.207 e. The van der Waals surface area contributed by atoms with Crippen molar-refractivity contribution in [1.82, 2.24) is 9.55 Å². The van der Waals surface area contributed by atoms with Crippen LogP contribution in [0.5, 0.6) is 0 Å². The molecule has 29 heavy (non-hydrogen) atoms. The molecule has 0 unspecified atom stereocenters. The number of hydrogen-bond donors (Lipinski definition) is 3. The monoisotopic (exact) mass is 404 g/mol. The Morgan fingerprint density at radius 2 is 1.69 bits per heavy atom. The lowest BCUT2D eigenvalue weighted by atomic mass is 9.63. The molecule has 9 nitrogen and oxygen atoms in total. The first-order valence-corrected chi connectivity index (χ1v) is 9.09. The number of Topliss-reactive ketones (excluding diaryl/α,β-unsaturated/α-hetero) is 3. The molecule has 0 aliphatic carbocycles. The molecule has 2 aromatic rings. The van der Waals surface area contributed by atoms with Crippen molar-refractivity contribution in [2.45, 2.75) is 57.6 Å². The molecule has 1 aromatic heterocycles. The summed E-state index contributed by atoms with van der Waals surface area (Å²) in [6.45, 7) is 5.47. The average molecular weight is 404 g/mol. The summed E-state index contributed by atoms with van der Waals surface area (Å²) in [5, 5.41) is 33.7. The molecule has 1 fully saturated rings. The lowest BCUT2D eigenvalue weighted by Crippen LogP contribution is -2.82. The van der Waals surface area contributed by atoms with E-state index >= 15 is 0 Å².